The lowest BCUT2D eigenvalue weighted by molar-refractivity contribution is 0.471. The van der Waals surface area contributed by atoms with Gasteiger partial charge in [0, 0.05) is 12.6 Å². The zero-order valence-corrected chi connectivity index (χ0v) is 10.4. The summed E-state index contributed by atoms with van der Waals surface area (Å²) in [6.45, 7) is 2.59. The van der Waals surface area contributed by atoms with Crippen molar-refractivity contribution < 1.29 is 8.42 Å². The summed E-state index contributed by atoms with van der Waals surface area (Å²) in [7, 11) is -2.96. The van der Waals surface area contributed by atoms with Crippen LogP contribution >= 0.6 is 0 Å². The van der Waals surface area contributed by atoms with Gasteiger partial charge in [-0.05, 0) is 13.3 Å². The summed E-state index contributed by atoms with van der Waals surface area (Å²) < 4.78 is 24.4. The summed E-state index contributed by atoms with van der Waals surface area (Å²) in [5, 5.41) is 6.23. The first-order valence-corrected chi connectivity index (χ1v) is 7.57. The molecule has 2 aliphatic rings. The molecule has 2 atom stereocenters. The van der Waals surface area contributed by atoms with Gasteiger partial charge in [0.25, 0.3) is 5.56 Å². The van der Waals surface area contributed by atoms with Crippen LogP contribution in [0, 0.1) is 0 Å². The summed E-state index contributed by atoms with van der Waals surface area (Å²) >= 11 is 0. The Kier molecular flexibility index (Phi) is 2.24. The number of sulfone groups is 1. The Morgan fingerprint density at radius 2 is 2.18 bits per heavy atom. The Bertz CT molecular complexity index is 613. The predicted molar refractivity (Wildman–Crippen MR) is 62.6 cm³/mol. The fourth-order valence-electron chi connectivity index (χ4n) is 2.69. The SMILES string of the molecule is CC1NCc2[nH]n(C3CCS(=O)(=O)C3)c(=O)c21. The number of hydrogen-bond donors (Lipinski definition) is 2. The molecule has 1 fully saturated rings. The lowest BCUT2D eigenvalue weighted by atomic mass is 10.2. The maximum atomic E-state index is 12.2. The molecule has 0 spiro atoms. The molecule has 3 heterocycles. The second-order valence-corrected chi connectivity index (χ2v) is 7.07. The summed E-state index contributed by atoms with van der Waals surface area (Å²) in [5.74, 6) is 0.260. The molecule has 0 bridgehead atoms. The van der Waals surface area contributed by atoms with Gasteiger partial charge in [0.05, 0.1) is 28.8 Å². The van der Waals surface area contributed by atoms with Gasteiger partial charge in [-0.3, -0.25) is 9.89 Å². The quantitative estimate of drug-likeness (QED) is 0.723. The molecule has 6 nitrogen and oxygen atoms in total. The molecule has 1 aromatic rings. The minimum absolute atomic E-state index is 0.0491. The van der Waals surface area contributed by atoms with E-state index in [1.165, 1.54) is 4.68 Å². The monoisotopic (exact) mass is 257 g/mol. The van der Waals surface area contributed by atoms with Crippen molar-refractivity contribution in [3.8, 4) is 0 Å². The highest BCUT2D eigenvalue weighted by atomic mass is 32.2. The maximum Gasteiger partial charge on any atom is 0.271 e. The van der Waals surface area contributed by atoms with Crippen LogP contribution in [-0.4, -0.2) is 29.7 Å². The van der Waals surface area contributed by atoms with Crippen LogP contribution in [0.2, 0.25) is 0 Å². The highest BCUT2D eigenvalue weighted by Gasteiger charge is 2.33. The minimum atomic E-state index is -2.96. The van der Waals surface area contributed by atoms with Crippen molar-refractivity contribution in [1.82, 2.24) is 15.1 Å². The van der Waals surface area contributed by atoms with Gasteiger partial charge >= 0.3 is 0 Å². The Morgan fingerprint density at radius 1 is 1.41 bits per heavy atom. The summed E-state index contributed by atoms with van der Waals surface area (Å²) in [6, 6.07) is -0.168. The van der Waals surface area contributed by atoms with Crippen LogP contribution in [0.4, 0.5) is 0 Å². The molecule has 0 aromatic carbocycles. The molecule has 7 heteroatoms. The van der Waals surface area contributed by atoms with Gasteiger partial charge in [0.15, 0.2) is 9.84 Å². The molecule has 0 aliphatic carbocycles. The number of hydrogen-bond acceptors (Lipinski definition) is 4. The highest BCUT2D eigenvalue weighted by Crippen LogP contribution is 2.25. The summed E-state index contributed by atoms with van der Waals surface area (Å²) in [4.78, 5) is 12.2. The number of aromatic nitrogens is 2. The standard InChI is InChI=1S/C10H15N3O3S/c1-6-9-8(4-11-6)12-13(10(9)14)7-2-3-17(15,16)5-7/h6-7,11-12H,2-5H2,1H3. The van der Waals surface area contributed by atoms with Gasteiger partial charge in [0.1, 0.15) is 0 Å². The smallest absolute Gasteiger partial charge is 0.271 e. The molecular formula is C10H15N3O3S. The minimum Gasteiger partial charge on any atom is -0.304 e. The van der Waals surface area contributed by atoms with E-state index in [-0.39, 0.29) is 29.1 Å². The summed E-state index contributed by atoms with van der Waals surface area (Å²) in [5.41, 5.74) is 1.58. The van der Waals surface area contributed by atoms with Crippen LogP contribution in [-0.2, 0) is 16.4 Å². The van der Waals surface area contributed by atoms with Crippen LogP contribution < -0.4 is 10.9 Å². The highest BCUT2D eigenvalue weighted by molar-refractivity contribution is 7.91. The molecule has 17 heavy (non-hydrogen) atoms. The fourth-order valence-corrected chi connectivity index (χ4v) is 4.39. The molecule has 0 saturated carbocycles. The topological polar surface area (TPSA) is 84.0 Å². The zero-order valence-electron chi connectivity index (χ0n) is 9.56. The predicted octanol–water partition coefficient (Wildman–Crippen LogP) is -0.300. The fraction of sp³-hybridized carbons (Fsp3) is 0.700. The van der Waals surface area contributed by atoms with Crippen LogP contribution in [0.15, 0.2) is 4.79 Å². The normalized spacial score (nSPS) is 30.6. The number of nitrogens with zero attached hydrogens (tertiary/aromatic N) is 1. The molecule has 0 radical (unpaired) electrons. The number of nitrogens with one attached hydrogen (secondary N) is 2. The Balaban J connectivity index is 2.02. The maximum absolute atomic E-state index is 12.2. The van der Waals surface area contributed by atoms with Gasteiger partial charge in [-0.25, -0.2) is 13.1 Å². The van der Waals surface area contributed by atoms with Crippen molar-refractivity contribution in [1.29, 1.82) is 0 Å². The molecule has 2 N–H and O–H groups in total. The van der Waals surface area contributed by atoms with E-state index < -0.39 is 9.84 Å². The Hall–Kier alpha value is -1.08. The second kappa shape index (κ2) is 3.46. The molecule has 1 saturated heterocycles. The number of H-pyrrole nitrogens is 1. The molecule has 94 valence electrons. The van der Waals surface area contributed by atoms with Crippen molar-refractivity contribution >= 4 is 9.84 Å². The number of rotatable bonds is 1. The van der Waals surface area contributed by atoms with Crippen molar-refractivity contribution in [2.24, 2.45) is 0 Å². The van der Waals surface area contributed by atoms with E-state index in [2.05, 4.69) is 10.4 Å². The molecular weight excluding hydrogens is 242 g/mol. The Morgan fingerprint density at radius 3 is 2.76 bits per heavy atom. The molecule has 3 rings (SSSR count). The lowest BCUT2D eigenvalue weighted by Gasteiger charge is -2.09. The van der Waals surface area contributed by atoms with Crippen LogP contribution in [0.3, 0.4) is 0 Å². The van der Waals surface area contributed by atoms with Gasteiger partial charge < -0.3 is 5.32 Å². The van der Waals surface area contributed by atoms with E-state index in [0.29, 0.717) is 13.0 Å². The van der Waals surface area contributed by atoms with Crippen molar-refractivity contribution in [2.45, 2.75) is 32.0 Å². The van der Waals surface area contributed by atoms with Gasteiger partial charge in [-0.2, -0.15) is 0 Å². The third kappa shape index (κ3) is 1.64. The summed E-state index contributed by atoms with van der Waals surface area (Å²) in [6.07, 6.45) is 0.531. The first-order valence-electron chi connectivity index (χ1n) is 5.75. The molecule has 2 unspecified atom stereocenters. The third-order valence-corrected chi connectivity index (χ3v) is 5.37. The first-order chi connectivity index (χ1) is 7.98. The van der Waals surface area contributed by atoms with E-state index in [1.54, 1.807) is 0 Å². The second-order valence-electron chi connectivity index (χ2n) is 4.84. The number of aromatic amines is 1. The van der Waals surface area contributed by atoms with Crippen LogP contribution in [0.1, 0.15) is 36.7 Å². The average Bonchev–Trinajstić information content (AvgIpc) is 2.86. The van der Waals surface area contributed by atoms with E-state index in [4.69, 9.17) is 0 Å². The van der Waals surface area contributed by atoms with Gasteiger partial charge in [-0.1, -0.05) is 0 Å². The van der Waals surface area contributed by atoms with Crippen molar-refractivity contribution in [3.05, 3.63) is 21.6 Å². The van der Waals surface area contributed by atoms with Gasteiger partial charge in [-0.15, -0.1) is 0 Å². The van der Waals surface area contributed by atoms with Crippen LogP contribution in [0.25, 0.3) is 0 Å². The number of fused-ring (bicyclic) bond motifs is 1. The average molecular weight is 257 g/mol. The lowest BCUT2D eigenvalue weighted by Crippen LogP contribution is -2.27. The van der Waals surface area contributed by atoms with Crippen LogP contribution in [0.5, 0.6) is 0 Å². The van der Waals surface area contributed by atoms with E-state index in [1.807, 2.05) is 6.92 Å². The van der Waals surface area contributed by atoms with E-state index in [9.17, 15) is 13.2 Å². The molecule has 0 amide bonds. The van der Waals surface area contributed by atoms with Crippen molar-refractivity contribution in [2.75, 3.05) is 11.5 Å². The first kappa shape index (κ1) is 11.0. The molecule has 1 aromatic heterocycles. The zero-order chi connectivity index (χ0) is 12.2. The Labute approximate surface area is 98.9 Å². The van der Waals surface area contributed by atoms with E-state index >= 15 is 0 Å². The van der Waals surface area contributed by atoms with Gasteiger partial charge in [0.2, 0.25) is 0 Å². The third-order valence-electron chi connectivity index (χ3n) is 3.62. The van der Waals surface area contributed by atoms with E-state index in [0.717, 1.165) is 11.3 Å². The van der Waals surface area contributed by atoms with Crippen molar-refractivity contribution in [3.63, 3.8) is 0 Å². The largest absolute Gasteiger partial charge is 0.304 e. The molecule has 2 aliphatic heterocycles.